The molecule has 0 aliphatic rings. The number of nitro benzene ring substituents is 2. The van der Waals surface area contributed by atoms with E-state index >= 15 is 0 Å². The number of aryl methyl sites for hydroxylation is 1. The Kier molecular flexibility index (Phi) is 13.2. The molecule has 43 heavy (non-hydrogen) atoms. The van der Waals surface area contributed by atoms with Crippen LogP contribution in [0.25, 0.3) is 0 Å². The third-order valence-electron chi connectivity index (χ3n) is 5.77. The summed E-state index contributed by atoms with van der Waals surface area (Å²) in [5, 5.41) is 64.1. The molecule has 0 saturated heterocycles. The van der Waals surface area contributed by atoms with Crippen LogP contribution in [0.3, 0.4) is 0 Å². The third kappa shape index (κ3) is 11.9. The van der Waals surface area contributed by atoms with Gasteiger partial charge in [0.2, 0.25) is 0 Å². The number of rotatable bonds is 20. The zero-order chi connectivity index (χ0) is 31.9. The van der Waals surface area contributed by atoms with E-state index in [0.29, 0.717) is 25.1 Å². The number of nitrogens with zero attached hydrogens (tertiary/aromatic N) is 5. The number of anilines is 1. The van der Waals surface area contributed by atoms with Gasteiger partial charge in [0.1, 0.15) is 23.5 Å². The number of ether oxygens (including phenoxy) is 1. The Labute approximate surface area is 242 Å². The van der Waals surface area contributed by atoms with Crippen LogP contribution in [0.15, 0.2) is 24.4 Å². The molecule has 2 atom stereocenters. The van der Waals surface area contributed by atoms with Gasteiger partial charge in [0, 0.05) is 25.6 Å². The first-order valence-electron chi connectivity index (χ1n) is 12.7. The Bertz CT molecular complexity index is 1320. The number of unbranched alkanes of at least 4 members (excludes halogenated alkanes) is 1. The van der Waals surface area contributed by atoms with E-state index in [9.17, 15) is 44.5 Å². The smallest absolute Gasteiger partial charge is 0.326 e. The van der Waals surface area contributed by atoms with Crippen LogP contribution in [-0.2, 0) is 32.3 Å². The molecule has 2 aromatic rings. The maximum absolute atomic E-state index is 12.1. The van der Waals surface area contributed by atoms with Gasteiger partial charge in [0.25, 0.3) is 11.4 Å². The first kappa shape index (κ1) is 33.8. The first-order valence-corrected chi connectivity index (χ1v) is 12.7. The molecule has 2 amide bonds. The van der Waals surface area contributed by atoms with Crippen molar-refractivity contribution in [1.29, 1.82) is 0 Å². The monoisotopic (exact) mass is 610 g/mol. The van der Waals surface area contributed by atoms with Crippen LogP contribution in [-0.4, -0.2) is 89.3 Å². The van der Waals surface area contributed by atoms with Gasteiger partial charge in [-0.2, -0.15) is 0 Å². The summed E-state index contributed by atoms with van der Waals surface area (Å²) in [4.78, 5) is 66.0. The predicted molar refractivity (Wildman–Crippen MR) is 143 cm³/mol. The predicted octanol–water partition coefficient (Wildman–Crippen LogP) is 0.964. The minimum absolute atomic E-state index is 0.0280. The number of hydrogen-bond donors (Lipinski definition) is 6. The van der Waals surface area contributed by atoms with Crippen LogP contribution >= 0.6 is 0 Å². The lowest BCUT2D eigenvalue weighted by Crippen LogP contribution is -2.51. The zero-order valence-corrected chi connectivity index (χ0v) is 22.6. The van der Waals surface area contributed by atoms with Crippen molar-refractivity contribution >= 4 is 41.0 Å². The summed E-state index contributed by atoms with van der Waals surface area (Å²) < 4.78 is 6.98. The number of nitrogens with one attached hydrogen (secondary N) is 3. The highest BCUT2D eigenvalue weighted by molar-refractivity contribution is 5.86. The topological polar surface area (TPSA) is 291 Å². The van der Waals surface area contributed by atoms with Crippen LogP contribution in [0.5, 0.6) is 0 Å². The van der Waals surface area contributed by atoms with E-state index in [2.05, 4.69) is 26.3 Å². The molecule has 2 rings (SSSR count). The van der Waals surface area contributed by atoms with Gasteiger partial charge < -0.3 is 36.0 Å². The fourth-order valence-corrected chi connectivity index (χ4v) is 3.65. The molecule has 0 saturated carbocycles. The van der Waals surface area contributed by atoms with Crippen molar-refractivity contribution in [2.45, 2.75) is 57.3 Å². The molecule has 0 spiro atoms. The van der Waals surface area contributed by atoms with Crippen molar-refractivity contribution in [3.8, 4) is 0 Å². The lowest BCUT2D eigenvalue weighted by molar-refractivity contribution is -0.393. The molecule has 0 bridgehead atoms. The molecule has 234 valence electrons. The minimum Gasteiger partial charge on any atom is -0.481 e. The molecule has 0 radical (unpaired) electrons. The second-order valence-corrected chi connectivity index (χ2v) is 9.00. The van der Waals surface area contributed by atoms with E-state index < -0.39 is 63.7 Å². The third-order valence-corrected chi connectivity index (χ3v) is 5.77. The molecule has 1 heterocycles. The molecule has 1 aromatic carbocycles. The van der Waals surface area contributed by atoms with E-state index in [1.807, 2.05) is 0 Å². The molecule has 0 fully saturated rings. The van der Waals surface area contributed by atoms with E-state index in [-0.39, 0.29) is 38.3 Å². The highest BCUT2D eigenvalue weighted by atomic mass is 16.6. The number of carboxylic acid groups (broad SMARTS) is 3. The summed E-state index contributed by atoms with van der Waals surface area (Å²) in [5.74, 6) is -4.02. The summed E-state index contributed by atoms with van der Waals surface area (Å²) in [6.07, 6.45) is 1.59. The van der Waals surface area contributed by atoms with Gasteiger partial charge in [0.15, 0.2) is 0 Å². The van der Waals surface area contributed by atoms with Crippen molar-refractivity contribution in [2.24, 2.45) is 0 Å². The standard InChI is InChI=1S/C23H30N8O12/c32-20(33)7-6-18(22(36)37)26-23(38)25-17(21(34)35)3-1-2-9-29-12-14(27-28-29)13-43-10-8-24-16-5-4-15(30(39)40)11-19(16)31(41)42/h4-5,11-12,17-18,24H,1-3,6-10,13H2,(H,32,33)(H,34,35)(H,36,37)(H2,25,26,38)/t17-,18-/m0/s1. The summed E-state index contributed by atoms with van der Waals surface area (Å²) in [7, 11) is 0. The number of amides is 2. The Balaban J connectivity index is 1.71. The Morgan fingerprint density at radius 2 is 1.65 bits per heavy atom. The van der Waals surface area contributed by atoms with Gasteiger partial charge in [-0.3, -0.25) is 29.7 Å². The molecule has 20 heteroatoms. The number of aromatic nitrogens is 3. The van der Waals surface area contributed by atoms with Crippen molar-refractivity contribution in [3.05, 3.63) is 50.3 Å². The van der Waals surface area contributed by atoms with Gasteiger partial charge >= 0.3 is 23.9 Å². The lowest BCUT2D eigenvalue weighted by atomic mass is 10.1. The number of carbonyl (C=O) groups is 4. The number of benzene rings is 1. The molecule has 0 aliphatic heterocycles. The van der Waals surface area contributed by atoms with Crippen LogP contribution in [0.4, 0.5) is 21.9 Å². The normalized spacial score (nSPS) is 12.1. The Morgan fingerprint density at radius 3 is 2.26 bits per heavy atom. The van der Waals surface area contributed by atoms with Gasteiger partial charge in [-0.05, 0) is 31.7 Å². The van der Waals surface area contributed by atoms with Crippen molar-refractivity contribution in [2.75, 3.05) is 18.5 Å². The SMILES string of the molecule is O=C(O)CC[C@H](NC(=O)N[C@@H](CCCCn1cc(COCCNc2ccc([N+](=O)[O-])cc2[N+](=O)[O-])nn1)C(=O)O)C(=O)O. The van der Waals surface area contributed by atoms with E-state index in [0.717, 1.165) is 12.1 Å². The minimum atomic E-state index is -1.50. The Hall–Kier alpha value is -5.40. The van der Waals surface area contributed by atoms with Crippen LogP contribution in [0, 0.1) is 20.2 Å². The van der Waals surface area contributed by atoms with Gasteiger partial charge in [-0.25, -0.2) is 14.4 Å². The molecular weight excluding hydrogens is 580 g/mol. The maximum atomic E-state index is 12.1. The quantitative estimate of drug-likeness (QED) is 0.0691. The zero-order valence-electron chi connectivity index (χ0n) is 22.6. The molecular formula is C23H30N8O12. The van der Waals surface area contributed by atoms with Crippen molar-refractivity contribution in [1.82, 2.24) is 25.6 Å². The van der Waals surface area contributed by atoms with Crippen molar-refractivity contribution in [3.63, 3.8) is 0 Å². The van der Waals surface area contributed by atoms with Crippen LogP contribution in [0.1, 0.15) is 37.8 Å². The summed E-state index contributed by atoms with van der Waals surface area (Å²) >= 11 is 0. The second-order valence-electron chi connectivity index (χ2n) is 9.00. The molecule has 6 N–H and O–H groups in total. The Morgan fingerprint density at radius 1 is 0.977 bits per heavy atom. The number of carboxylic acids is 3. The summed E-state index contributed by atoms with van der Waals surface area (Å²) in [6, 6.07) is -0.606. The van der Waals surface area contributed by atoms with E-state index in [1.54, 1.807) is 6.20 Å². The van der Waals surface area contributed by atoms with Gasteiger partial charge in [-0.15, -0.1) is 5.10 Å². The molecule has 20 nitrogen and oxygen atoms in total. The maximum Gasteiger partial charge on any atom is 0.326 e. The number of urea groups is 1. The number of nitro groups is 2. The van der Waals surface area contributed by atoms with Crippen LogP contribution in [0.2, 0.25) is 0 Å². The summed E-state index contributed by atoms with van der Waals surface area (Å²) in [6.45, 7) is 0.745. The lowest BCUT2D eigenvalue weighted by Gasteiger charge is -2.18. The van der Waals surface area contributed by atoms with E-state index in [1.165, 1.54) is 10.7 Å². The largest absolute Gasteiger partial charge is 0.481 e. The second kappa shape index (κ2) is 16.8. The summed E-state index contributed by atoms with van der Waals surface area (Å²) in [5.41, 5.74) is -0.254. The fourth-order valence-electron chi connectivity index (χ4n) is 3.65. The van der Waals surface area contributed by atoms with Gasteiger partial charge in [-0.1, -0.05) is 5.21 Å². The average molecular weight is 611 g/mol. The number of carbonyl (C=O) groups excluding carboxylic acids is 1. The fraction of sp³-hybridized carbons (Fsp3) is 0.478. The molecule has 1 aromatic heterocycles. The number of aliphatic carboxylic acids is 3. The highest BCUT2D eigenvalue weighted by Gasteiger charge is 2.25. The van der Waals surface area contributed by atoms with Crippen molar-refractivity contribution < 1.29 is 49.1 Å². The molecule has 0 aliphatic carbocycles. The molecule has 0 unspecified atom stereocenters. The number of non-ortho nitro benzene ring substituents is 1. The number of hydrogen-bond acceptors (Lipinski definition) is 12. The van der Waals surface area contributed by atoms with E-state index in [4.69, 9.17) is 14.9 Å². The first-order chi connectivity index (χ1) is 20.4. The average Bonchev–Trinajstić information content (AvgIpc) is 3.39. The van der Waals surface area contributed by atoms with Crippen LogP contribution < -0.4 is 16.0 Å². The highest BCUT2D eigenvalue weighted by Crippen LogP contribution is 2.28. The van der Waals surface area contributed by atoms with Gasteiger partial charge in [0.05, 0.1) is 35.3 Å².